The molecular formula is C18H35N3O3. The van der Waals surface area contributed by atoms with Crippen LogP contribution in [-0.2, 0) is 14.3 Å². The first-order valence-corrected chi connectivity index (χ1v) is 9.27. The SMILES string of the molecule is COCCN(C)CCCNC(=O)C(C)NC(=O)CC1CCCCC1. The van der Waals surface area contributed by atoms with Gasteiger partial charge in [-0.05, 0) is 45.7 Å². The molecule has 0 aromatic heterocycles. The molecule has 1 saturated carbocycles. The standard InChI is InChI=1S/C18H35N3O3/c1-15(20-17(22)14-16-8-5-4-6-9-16)18(23)19-10-7-11-21(2)12-13-24-3/h15-16H,4-14H2,1-3H3,(H,19,23)(H,20,22). The number of hydrogen-bond donors (Lipinski definition) is 2. The summed E-state index contributed by atoms with van der Waals surface area (Å²) < 4.78 is 5.03. The Bertz CT molecular complexity index is 371. The minimum absolute atomic E-state index is 0.00356. The summed E-state index contributed by atoms with van der Waals surface area (Å²) in [4.78, 5) is 26.2. The zero-order valence-electron chi connectivity index (χ0n) is 15.6. The van der Waals surface area contributed by atoms with Crippen LogP contribution in [0.2, 0.25) is 0 Å². The van der Waals surface area contributed by atoms with Gasteiger partial charge < -0.3 is 20.3 Å². The van der Waals surface area contributed by atoms with Crippen molar-refractivity contribution >= 4 is 11.8 Å². The first kappa shape index (κ1) is 20.9. The zero-order valence-corrected chi connectivity index (χ0v) is 15.6. The van der Waals surface area contributed by atoms with Crippen LogP contribution in [0.15, 0.2) is 0 Å². The highest BCUT2D eigenvalue weighted by Crippen LogP contribution is 2.26. The number of carbonyl (C=O) groups is 2. The Balaban J connectivity index is 2.11. The Hall–Kier alpha value is -1.14. The van der Waals surface area contributed by atoms with Gasteiger partial charge in [0.15, 0.2) is 0 Å². The molecule has 0 aromatic carbocycles. The Morgan fingerprint density at radius 2 is 1.92 bits per heavy atom. The van der Waals surface area contributed by atoms with Crippen LogP contribution in [0, 0.1) is 5.92 Å². The average molecular weight is 341 g/mol. The van der Waals surface area contributed by atoms with Crippen molar-refractivity contribution in [2.45, 2.75) is 57.9 Å². The van der Waals surface area contributed by atoms with Gasteiger partial charge in [0, 0.05) is 26.6 Å². The number of ether oxygens (including phenoxy) is 1. The monoisotopic (exact) mass is 341 g/mol. The van der Waals surface area contributed by atoms with Crippen LogP contribution in [0.25, 0.3) is 0 Å². The van der Waals surface area contributed by atoms with Gasteiger partial charge in [0.1, 0.15) is 6.04 Å². The van der Waals surface area contributed by atoms with Crippen LogP contribution in [0.3, 0.4) is 0 Å². The predicted octanol–water partition coefficient (Wildman–Crippen LogP) is 1.55. The minimum atomic E-state index is -0.465. The van der Waals surface area contributed by atoms with Crippen molar-refractivity contribution in [3.05, 3.63) is 0 Å². The van der Waals surface area contributed by atoms with Gasteiger partial charge in [0.25, 0.3) is 0 Å². The van der Waals surface area contributed by atoms with Crippen molar-refractivity contribution in [3.8, 4) is 0 Å². The second-order valence-electron chi connectivity index (χ2n) is 6.94. The van der Waals surface area contributed by atoms with Gasteiger partial charge in [-0.2, -0.15) is 0 Å². The van der Waals surface area contributed by atoms with Crippen molar-refractivity contribution in [2.75, 3.05) is 40.4 Å². The van der Waals surface area contributed by atoms with Crippen LogP contribution in [0.5, 0.6) is 0 Å². The number of hydrogen-bond acceptors (Lipinski definition) is 4. The molecule has 0 radical (unpaired) electrons. The minimum Gasteiger partial charge on any atom is -0.383 e. The van der Waals surface area contributed by atoms with Crippen molar-refractivity contribution in [2.24, 2.45) is 5.92 Å². The summed E-state index contributed by atoms with van der Waals surface area (Å²) in [5.74, 6) is 0.395. The Morgan fingerprint density at radius 1 is 1.21 bits per heavy atom. The van der Waals surface area contributed by atoms with Gasteiger partial charge in [0.2, 0.25) is 11.8 Å². The third kappa shape index (κ3) is 9.23. The second-order valence-corrected chi connectivity index (χ2v) is 6.94. The molecule has 0 bridgehead atoms. The van der Waals surface area contributed by atoms with Crippen molar-refractivity contribution in [3.63, 3.8) is 0 Å². The molecule has 6 nitrogen and oxygen atoms in total. The van der Waals surface area contributed by atoms with E-state index in [1.807, 2.05) is 7.05 Å². The first-order valence-electron chi connectivity index (χ1n) is 9.27. The lowest BCUT2D eigenvalue weighted by Crippen LogP contribution is -2.45. The van der Waals surface area contributed by atoms with E-state index in [4.69, 9.17) is 4.74 Å². The number of rotatable bonds is 11. The third-order valence-corrected chi connectivity index (χ3v) is 4.66. The van der Waals surface area contributed by atoms with E-state index in [9.17, 15) is 9.59 Å². The summed E-state index contributed by atoms with van der Waals surface area (Å²) in [6, 6.07) is -0.465. The molecule has 0 aliphatic heterocycles. The highest BCUT2D eigenvalue weighted by Gasteiger charge is 2.20. The molecule has 2 amide bonds. The van der Waals surface area contributed by atoms with E-state index in [2.05, 4.69) is 15.5 Å². The molecule has 6 heteroatoms. The maximum Gasteiger partial charge on any atom is 0.242 e. The van der Waals surface area contributed by atoms with Gasteiger partial charge in [-0.1, -0.05) is 19.3 Å². The molecule has 1 atom stereocenters. The number of methoxy groups -OCH3 is 1. The molecular weight excluding hydrogens is 306 g/mol. The summed E-state index contributed by atoms with van der Waals surface area (Å²) in [6.07, 6.45) is 7.48. The van der Waals surface area contributed by atoms with Crippen molar-refractivity contribution in [1.82, 2.24) is 15.5 Å². The van der Waals surface area contributed by atoms with Crippen LogP contribution in [0.4, 0.5) is 0 Å². The van der Waals surface area contributed by atoms with E-state index in [1.165, 1.54) is 19.3 Å². The Kier molecular flexibility index (Phi) is 10.7. The summed E-state index contributed by atoms with van der Waals surface area (Å²) in [7, 11) is 3.73. The lowest BCUT2D eigenvalue weighted by atomic mass is 9.87. The lowest BCUT2D eigenvalue weighted by Gasteiger charge is -2.22. The summed E-state index contributed by atoms with van der Waals surface area (Å²) in [5, 5.41) is 5.72. The lowest BCUT2D eigenvalue weighted by molar-refractivity contribution is -0.129. The van der Waals surface area contributed by atoms with Crippen LogP contribution >= 0.6 is 0 Å². The van der Waals surface area contributed by atoms with E-state index < -0.39 is 6.04 Å². The molecule has 0 spiro atoms. The maximum absolute atomic E-state index is 12.0. The van der Waals surface area contributed by atoms with Gasteiger partial charge >= 0.3 is 0 Å². The summed E-state index contributed by atoms with van der Waals surface area (Å²) in [5.41, 5.74) is 0. The van der Waals surface area contributed by atoms with E-state index in [0.717, 1.165) is 32.4 Å². The topological polar surface area (TPSA) is 70.7 Å². The highest BCUT2D eigenvalue weighted by atomic mass is 16.5. The molecule has 24 heavy (non-hydrogen) atoms. The normalized spacial score (nSPS) is 16.8. The number of nitrogens with one attached hydrogen (secondary N) is 2. The number of amides is 2. The molecule has 1 unspecified atom stereocenters. The largest absolute Gasteiger partial charge is 0.383 e. The zero-order chi connectivity index (χ0) is 17.8. The van der Waals surface area contributed by atoms with E-state index in [0.29, 0.717) is 25.5 Å². The van der Waals surface area contributed by atoms with E-state index >= 15 is 0 Å². The Labute approximate surface area is 146 Å². The van der Waals surface area contributed by atoms with E-state index in [-0.39, 0.29) is 11.8 Å². The fraction of sp³-hybridized carbons (Fsp3) is 0.889. The third-order valence-electron chi connectivity index (χ3n) is 4.66. The number of carbonyl (C=O) groups excluding carboxylic acids is 2. The first-order chi connectivity index (χ1) is 11.5. The summed E-state index contributed by atoms with van der Waals surface area (Å²) in [6.45, 7) is 4.88. The maximum atomic E-state index is 12.0. The highest BCUT2D eigenvalue weighted by molar-refractivity contribution is 5.87. The van der Waals surface area contributed by atoms with Crippen molar-refractivity contribution in [1.29, 1.82) is 0 Å². The Morgan fingerprint density at radius 3 is 2.58 bits per heavy atom. The molecule has 1 fully saturated rings. The van der Waals surface area contributed by atoms with Gasteiger partial charge in [0.05, 0.1) is 6.61 Å². The second kappa shape index (κ2) is 12.3. The molecule has 2 N–H and O–H groups in total. The van der Waals surface area contributed by atoms with Gasteiger partial charge in [-0.25, -0.2) is 0 Å². The number of likely N-dealkylation sites (N-methyl/N-ethyl adjacent to an activating group) is 1. The predicted molar refractivity (Wildman–Crippen MR) is 95.8 cm³/mol. The quantitative estimate of drug-likeness (QED) is 0.559. The van der Waals surface area contributed by atoms with Gasteiger partial charge in [-0.15, -0.1) is 0 Å². The van der Waals surface area contributed by atoms with Crippen LogP contribution in [-0.4, -0.2) is 63.2 Å². The summed E-state index contributed by atoms with van der Waals surface area (Å²) >= 11 is 0. The van der Waals surface area contributed by atoms with Gasteiger partial charge in [-0.3, -0.25) is 9.59 Å². The van der Waals surface area contributed by atoms with Crippen LogP contribution < -0.4 is 10.6 Å². The molecule has 1 aliphatic rings. The fourth-order valence-electron chi connectivity index (χ4n) is 3.09. The molecule has 1 aliphatic carbocycles. The smallest absolute Gasteiger partial charge is 0.242 e. The van der Waals surface area contributed by atoms with E-state index in [1.54, 1.807) is 14.0 Å². The molecule has 0 saturated heterocycles. The number of nitrogens with zero attached hydrogens (tertiary/aromatic N) is 1. The molecule has 1 rings (SSSR count). The average Bonchev–Trinajstić information content (AvgIpc) is 2.57. The molecule has 0 aromatic rings. The fourth-order valence-corrected chi connectivity index (χ4v) is 3.09. The molecule has 140 valence electrons. The molecule has 0 heterocycles. The van der Waals surface area contributed by atoms with Crippen LogP contribution in [0.1, 0.15) is 51.9 Å². The van der Waals surface area contributed by atoms with Crippen molar-refractivity contribution < 1.29 is 14.3 Å².